The highest BCUT2D eigenvalue weighted by atomic mass is 35.5. The van der Waals surface area contributed by atoms with E-state index in [2.05, 4.69) is 0 Å². The summed E-state index contributed by atoms with van der Waals surface area (Å²) in [7, 11) is 0. The molecule has 5 nitrogen and oxygen atoms in total. The van der Waals surface area contributed by atoms with Gasteiger partial charge in [-0.25, -0.2) is 0 Å². The molecule has 2 amide bonds. The van der Waals surface area contributed by atoms with Gasteiger partial charge in [0.1, 0.15) is 6.04 Å². The van der Waals surface area contributed by atoms with E-state index in [1.807, 2.05) is 60.7 Å². The van der Waals surface area contributed by atoms with Crippen molar-refractivity contribution in [1.29, 1.82) is 0 Å². The lowest BCUT2D eigenvalue weighted by Crippen LogP contribution is -2.52. The number of nitrogens with zero attached hydrogens (tertiary/aromatic N) is 2. The SMILES string of the molecule is Cl.NC(C(=O)N1CCN(C(=O)c2ccccc2)CC1)c1ccccc1. The summed E-state index contributed by atoms with van der Waals surface area (Å²) in [6, 6.07) is 17.9. The van der Waals surface area contributed by atoms with Crippen LogP contribution < -0.4 is 5.73 Å². The second-order valence-electron chi connectivity index (χ2n) is 5.87. The van der Waals surface area contributed by atoms with Crippen molar-refractivity contribution in [3.05, 3.63) is 71.8 Å². The quantitative estimate of drug-likeness (QED) is 0.912. The molecule has 1 aliphatic heterocycles. The molecule has 2 N–H and O–H groups in total. The van der Waals surface area contributed by atoms with Crippen LogP contribution in [0.3, 0.4) is 0 Å². The zero-order chi connectivity index (χ0) is 16.9. The van der Waals surface area contributed by atoms with Crippen LogP contribution >= 0.6 is 12.4 Å². The normalized spacial score (nSPS) is 15.2. The third-order valence-corrected chi connectivity index (χ3v) is 4.32. The number of rotatable bonds is 3. The van der Waals surface area contributed by atoms with Crippen molar-refractivity contribution < 1.29 is 9.59 Å². The van der Waals surface area contributed by atoms with Gasteiger partial charge in [-0.1, -0.05) is 48.5 Å². The number of benzene rings is 2. The highest BCUT2D eigenvalue weighted by Crippen LogP contribution is 2.15. The van der Waals surface area contributed by atoms with Crippen LogP contribution in [0.4, 0.5) is 0 Å². The number of hydrogen-bond acceptors (Lipinski definition) is 3. The van der Waals surface area contributed by atoms with E-state index < -0.39 is 6.04 Å². The van der Waals surface area contributed by atoms with Gasteiger partial charge in [-0.05, 0) is 17.7 Å². The predicted molar refractivity (Wildman–Crippen MR) is 99.5 cm³/mol. The van der Waals surface area contributed by atoms with E-state index in [-0.39, 0.29) is 24.2 Å². The number of piperazine rings is 1. The third-order valence-electron chi connectivity index (χ3n) is 4.32. The third kappa shape index (κ3) is 4.38. The van der Waals surface area contributed by atoms with Gasteiger partial charge in [0.2, 0.25) is 5.91 Å². The molecule has 1 saturated heterocycles. The fourth-order valence-corrected chi connectivity index (χ4v) is 2.89. The van der Waals surface area contributed by atoms with Gasteiger partial charge in [-0.3, -0.25) is 9.59 Å². The van der Waals surface area contributed by atoms with Gasteiger partial charge in [0.15, 0.2) is 0 Å². The van der Waals surface area contributed by atoms with Crippen LogP contribution in [0.15, 0.2) is 60.7 Å². The number of carbonyl (C=O) groups is 2. The molecule has 1 fully saturated rings. The molecule has 3 rings (SSSR count). The van der Waals surface area contributed by atoms with Crippen LogP contribution in [0.25, 0.3) is 0 Å². The summed E-state index contributed by atoms with van der Waals surface area (Å²) in [4.78, 5) is 28.5. The average Bonchev–Trinajstić information content (AvgIpc) is 2.68. The van der Waals surface area contributed by atoms with Crippen LogP contribution in [0.5, 0.6) is 0 Å². The van der Waals surface area contributed by atoms with Crippen molar-refractivity contribution in [3.63, 3.8) is 0 Å². The number of halogens is 1. The van der Waals surface area contributed by atoms with E-state index in [0.717, 1.165) is 5.56 Å². The highest BCUT2D eigenvalue weighted by Gasteiger charge is 2.28. The Labute approximate surface area is 153 Å². The Hall–Kier alpha value is -2.37. The summed E-state index contributed by atoms with van der Waals surface area (Å²) in [5, 5.41) is 0. The fourth-order valence-electron chi connectivity index (χ4n) is 2.89. The molecule has 0 aliphatic carbocycles. The lowest BCUT2D eigenvalue weighted by Gasteiger charge is -2.36. The van der Waals surface area contributed by atoms with Crippen LogP contribution in [0.1, 0.15) is 22.0 Å². The molecule has 2 aromatic carbocycles. The molecule has 1 unspecified atom stereocenters. The first kappa shape index (κ1) is 19.0. The van der Waals surface area contributed by atoms with Gasteiger partial charge in [-0.15, -0.1) is 12.4 Å². The minimum Gasteiger partial charge on any atom is -0.337 e. The van der Waals surface area contributed by atoms with Gasteiger partial charge in [-0.2, -0.15) is 0 Å². The minimum atomic E-state index is -0.650. The van der Waals surface area contributed by atoms with E-state index in [4.69, 9.17) is 5.73 Å². The molecule has 0 bridgehead atoms. The van der Waals surface area contributed by atoms with Gasteiger partial charge in [0.05, 0.1) is 0 Å². The lowest BCUT2D eigenvalue weighted by atomic mass is 10.1. The summed E-state index contributed by atoms with van der Waals surface area (Å²) in [6.07, 6.45) is 0. The van der Waals surface area contributed by atoms with Crippen LogP contribution in [0.2, 0.25) is 0 Å². The zero-order valence-electron chi connectivity index (χ0n) is 13.9. The molecule has 132 valence electrons. The minimum absolute atomic E-state index is 0. The van der Waals surface area contributed by atoms with Gasteiger partial charge < -0.3 is 15.5 Å². The van der Waals surface area contributed by atoms with E-state index in [1.165, 1.54) is 0 Å². The van der Waals surface area contributed by atoms with Crippen molar-refractivity contribution in [2.24, 2.45) is 5.73 Å². The molecule has 2 aromatic rings. The lowest BCUT2D eigenvalue weighted by molar-refractivity contribution is -0.134. The standard InChI is InChI=1S/C19H21N3O2.ClH/c20-17(15-7-3-1-4-8-15)19(24)22-13-11-21(12-14-22)18(23)16-9-5-2-6-10-16;/h1-10,17H,11-14,20H2;1H. The average molecular weight is 360 g/mol. The smallest absolute Gasteiger partial charge is 0.253 e. The Kier molecular flexibility index (Phi) is 6.56. The summed E-state index contributed by atoms with van der Waals surface area (Å²) in [6.45, 7) is 2.08. The number of carbonyl (C=O) groups excluding carboxylic acids is 2. The van der Waals surface area contributed by atoms with Gasteiger partial charge in [0, 0.05) is 31.7 Å². The van der Waals surface area contributed by atoms with Gasteiger partial charge in [0.25, 0.3) is 5.91 Å². The molecular formula is C19H22ClN3O2. The maximum atomic E-state index is 12.5. The zero-order valence-corrected chi connectivity index (χ0v) is 14.7. The fraction of sp³-hybridized carbons (Fsp3) is 0.263. The molecule has 0 radical (unpaired) electrons. The van der Waals surface area contributed by atoms with E-state index in [9.17, 15) is 9.59 Å². The van der Waals surface area contributed by atoms with Crippen LogP contribution in [0, 0.1) is 0 Å². The molecule has 25 heavy (non-hydrogen) atoms. The topological polar surface area (TPSA) is 66.6 Å². The molecule has 1 atom stereocenters. The molecule has 1 heterocycles. The maximum Gasteiger partial charge on any atom is 0.253 e. The van der Waals surface area contributed by atoms with E-state index in [1.54, 1.807) is 9.80 Å². The molecule has 0 spiro atoms. The largest absolute Gasteiger partial charge is 0.337 e. The molecule has 0 saturated carbocycles. The Bertz CT molecular complexity index is 701. The maximum absolute atomic E-state index is 12.5. The summed E-state index contributed by atoms with van der Waals surface area (Å²) >= 11 is 0. The Morgan fingerprint density at radius 2 is 1.28 bits per heavy atom. The Balaban J connectivity index is 0.00000225. The van der Waals surface area contributed by atoms with E-state index in [0.29, 0.717) is 31.7 Å². The monoisotopic (exact) mass is 359 g/mol. The van der Waals surface area contributed by atoms with Crippen molar-refractivity contribution in [3.8, 4) is 0 Å². The van der Waals surface area contributed by atoms with Crippen LogP contribution in [-0.2, 0) is 4.79 Å². The Morgan fingerprint density at radius 3 is 1.84 bits per heavy atom. The number of amides is 2. The second kappa shape index (κ2) is 8.65. The Morgan fingerprint density at radius 1 is 0.800 bits per heavy atom. The summed E-state index contributed by atoms with van der Waals surface area (Å²) in [5.74, 6) is -0.0805. The van der Waals surface area contributed by atoms with E-state index >= 15 is 0 Å². The van der Waals surface area contributed by atoms with Crippen molar-refractivity contribution >= 4 is 24.2 Å². The predicted octanol–water partition coefficient (Wildman–Crippen LogP) is 2.09. The number of hydrogen-bond donors (Lipinski definition) is 1. The van der Waals surface area contributed by atoms with Crippen molar-refractivity contribution in [1.82, 2.24) is 9.80 Å². The first-order chi connectivity index (χ1) is 11.7. The first-order valence-electron chi connectivity index (χ1n) is 8.10. The summed E-state index contributed by atoms with van der Waals surface area (Å²) < 4.78 is 0. The molecule has 0 aromatic heterocycles. The highest BCUT2D eigenvalue weighted by molar-refractivity contribution is 5.94. The van der Waals surface area contributed by atoms with Crippen molar-refractivity contribution in [2.75, 3.05) is 26.2 Å². The second-order valence-corrected chi connectivity index (χ2v) is 5.87. The molecular weight excluding hydrogens is 338 g/mol. The first-order valence-corrected chi connectivity index (χ1v) is 8.10. The molecule has 6 heteroatoms. The van der Waals surface area contributed by atoms with Crippen molar-refractivity contribution in [2.45, 2.75) is 6.04 Å². The molecule has 1 aliphatic rings. The number of nitrogens with two attached hydrogens (primary N) is 1. The van der Waals surface area contributed by atoms with Crippen LogP contribution in [-0.4, -0.2) is 47.8 Å². The summed E-state index contributed by atoms with van der Waals surface area (Å²) in [5.41, 5.74) is 7.57. The van der Waals surface area contributed by atoms with Gasteiger partial charge >= 0.3 is 0 Å².